The molecule has 0 radical (unpaired) electrons. The van der Waals surface area contributed by atoms with Gasteiger partial charge in [-0.25, -0.2) is 18.4 Å². The fourth-order valence-electron chi connectivity index (χ4n) is 3.19. The summed E-state index contributed by atoms with van der Waals surface area (Å²) in [6.45, 7) is 6.03. The van der Waals surface area contributed by atoms with E-state index >= 15 is 0 Å². The van der Waals surface area contributed by atoms with Gasteiger partial charge in [0.05, 0.1) is 18.1 Å². The average molecular weight is 517 g/mol. The molecular formula is C19H28IN5O2S. The second-order valence-electron chi connectivity index (χ2n) is 6.86. The smallest absolute Gasteiger partial charge is 0.191 e. The third kappa shape index (κ3) is 6.47. The second-order valence-corrected chi connectivity index (χ2v) is 9.09. The molecule has 2 N–H and O–H groups in total. The minimum atomic E-state index is -2.91. The van der Waals surface area contributed by atoms with Gasteiger partial charge in [0.25, 0.3) is 0 Å². The number of nitrogens with zero attached hydrogens (tertiary/aromatic N) is 3. The number of benzene rings is 1. The van der Waals surface area contributed by atoms with Gasteiger partial charge in [0, 0.05) is 31.5 Å². The highest BCUT2D eigenvalue weighted by Crippen LogP contribution is 2.12. The molecule has 154 valence electrons. The number of aryl methyl sites for hydroxylation is 1. The maximum absolute atomic E-state index is 11.6. The standard InChI is InChI=1S/C19H27N5O2S.HI/c1-3-20-19(23-18-7-10-27(25,26)14-18)22-12-16-5-4-6-17(11-16)13-24-9-8-21-15(24)2;/h4-6,8-9,11,18H,3,7,10,12-14H2,1-2H3,(H2,20,22,23);1H. The Kier molecular flexibility index (Phi) is 8.29. The zero-order valence-corrected chi connectivity index (χ0v) is 19.4. The normalized spacial score (nSPS) is 18.5. The lowest BCUT2D eigenvalue weighted by Crippen LogP contribution is -2.44. The highest BCUT2D eigenvalue weighted by Gasteiger charge is 2.28. The van der Waals surface area contributed by atoms with Crippen molar-refractivity contribution in [2.75, 3.05) is 18.1 Å². The van der Waals surface area contributed by atoms with Crippen LogP contribution in [0.2, 0.25) is 0 Å². The maximum atomic E-state index is 11.6. The van der Waals surface area contributed by atoms with E-state index in [1.54, 1.807) is 6.20 Å². The number of sulfone groups is 1. The predicted octanol–water partition coefficient (Wildman–Crippen LogP) is 2.10. The molecule has 28 heavy (non-hydrogen) atoms. The Labute approximate surface area is 184 Å². The molecule has 1 aliphatic heterocycles. The predicted molar refractivity (Wildman–Crippen MR) is 123 cm³/mol. The van der Waals surface area contributed by atoms with Gasteiger partial charge >= 0.3 is 0 Å². The van der Waals surface area contributed by atoms with Crippen LogP contribution < -0.4 is 10.6 Å². The van der Waals surface area contributed by atoms with Crippen molar-refractivity contribution in [1.82, 2.24) is 20.2 Å². The van der Waals surface area contributed by atoms with E-state index in [0.29, 0.717) is 18.9 Å². The molecule has 2 heterocycles. The van der Waals surface area contributed by atoms with Crippen LogP contribution in [0.1, 0.15) is 30.3 Å². The van der Waals surface area contributed by atoms with Crippen molar-refractivity contribution in [3.05, 3.63) is 53.6 Å². The first-order chi connectivity index (χ1) is 12.9. The van der Waals surface area contributed by atoms with E-state index in [0.717, 1.165) is 24.5 Å². The van der Waals surface area contributed by atoms with E-state index in [1.165, 1.54) is 5.56 Å². The van der Waals surface area contributed by atoms with Crippen LogP contribution in [0, 0.1) is 6.92 Å². The highest BCUT2D eigenvalue weighted by molar-refractivity contribution is 14.0. The zero-order valence-electron chi connectivity index (χ0n) is 16.3. The Morgan fingerprint density at radius 2 is 2.14 bits per heavy atom. The molecule has 1 saturated heterocycles. The molecule has 1 aliphatic rings. The lowest BCUT2D eigenvalue weighted by molar-refractivity contribution is 0.599. The van der Waals surface area contributed by atoms with E-state index in [1.807, 2.05) is 26.1 Å². The SMILES string of the molecule is CCNC(=NCc1cccc(Cn2ccnc2C)c1)NC1CCS(=O)(=O)C1.I. The van der Waals surface area contributed by atoms with Gasteiger partial charge in [-0.3, -0.25) is 0 Å². The van der Waals surface area contributed by atoms with Crippen molar-refractivity contribution in [2.45, 2.75) is 39.4 Å². The van der Waals surface area contributed by atoms with Gasteiger partial charge < -0.3 is 15.2 Å². The molecule has 0 amide bonds. The van der Waals surface area contributed by atoms with Crippen LogP contribution in [0.25, 0.3) is 0 Å². The molecule has 2 aromatic rings. The number of aliphatic imine (C=N–C) groups is 1. The number of imidazole rings is 1. The van der Waals surface area contributed by atoms with E-state index in [-0.39, 0.29) is 41.5 Å². The lowest BCUT2D eigenvalue weighted by Gasteiger charge is -2.16. The molecular weight excluding hydrogens is 489 g/mol. The van der Waals surface area contributed by atoms with E-state index in [4.69, 9.17) is 0 Å². The molecule has 0 spiro atoms. The number of halogens is 1. The summed E-state index contributed by atoms with van der Waals surface area (Å²) in [5.41, 5.74) is 2.31. The summed E-state index contributed by atoms with van der Waals surface area (Å²) in [5.74, 6) is 2.08. The van der Waals surface area contributed by atoms with Gasteiger partial charge in [-0.2, -0.15) is 0 Å². The van der Waals surface area contributed by atoms with Gasteiger partial charge in [-0.1, -0.05) is 24.3 Å². The van der Waals surface area contributed by atoms with Crippen LogP contribution >= 0.6 is 24.0 Å². The third-order valence-electron chi connectivity index (χ3n) is 4.61. The van der Waals surface area contributed by atoms with Crippen LogP contribution in [0.4, 0.5) is 0 Å². The van der Waals surface area contributed by atoms with Crippen molar-refractivity contribution in [2.24, 2.45) is 4.99 Å². The van der Waals surface area contributed by atoms with E-state index in [2.05, 4.69) is 43.4 Å². The van der Waals surface area contributed by atoms with Gasteiger partial charge in [0.2, 0.25) is 0 Å². The number of aromatic nitrogens is 2. The molecule has 3 rings (SSSR count). The topological polar surface area (TPSA) is 88.4 Å². The minimum absolute atomic E-state index is 0. The van der Waals surface area contributed by atoms with Gasteiger partial charge in [-0.15, -0.1) is 24.0 Å². The Morgan fingerprint density at radius 1 is 1.36 bits per heavy atom. The zero-order chi connectivity index (χ0) is 19.3. The van der Waals surface area contributed by atoms with Crippen molar-refractivity contribution < 1.29 is 8.42 Å². The summed E-state index contributed by atoms with van der Waals surface area (Å²) in [4.78, 5) is 8.89. The Hall–Kier alpha value is -1.62. The fraction of sp³-hybridized carbons (Fsp3) is 0.474. The molecule has 7 nitrogen and oxygen atoms in total. The molecule has 0 saturated carbocycles. The Bertz CT molecular complexity index is 911. The summed E-state index contributed by atoms with van der Waals surface area (Å²) in [6.07, 6.45) is 4.41. The summed E-state index contributed by atoms with van der Waals surface area (Å²) in [6, 6.07) is 8.27. The van der Waals surface area contributed by atoms with Crippen molar-refractivity contribution in [3.8, 4) is 0 Å². The number of guanidine groups is 1. The molecule has 1 aromatic carbocycles. The summed E-state index contributed by atoms with van der Waals surface area (Å²) in [5, 5.41) is 6.45. The van der Waals surface area contributed by atoms with Gasteiger partial charge in [-0.05, 0) is 31.4 Å². The van der Waals surface area contributed by atoms with Crippen molar-refractivity contribution in [1.29, 1.82) is 0 Å². The van der Waals surface area contributed by atoms with Crippen molar-refractivity contribution in [3.63, 3.8) is 0 Å². The minimum Gasteiger partial charge on any atom is -0.357 e. The van der Waals surface area contributed by atoms with Crippen LogP contribution in [0.3, 0.4) is 0 Å². The first kappa shape index (κ1) is 22.7. The fourth-order valence-corrected chi connectivity index (χ4v) is 4.86. The summed E-state index contributed by atoms with van der Waals surface area (Å²) < 4.78 is 25.4. The van der Waals surface area contributed by atoms with Crippen LogP contribution in [0.5, 0.6) is 0 Å². The Morgan fingerprint density at radius 3 is 2.79 bits per heavy atom. The maximum Gasteiger partial charge on any atom is 0.191 e. The molecule has 1 aromatic heterocycles. The number of nitrogens with one attached hydrogen (secondary N) is 2. The van der Waals surface area contributed by atoms with E-state index in [9.17, 15) is 8.42 Å². The lowest BCUT2D eigenvalue weighted by atomic mass is 10.1. The molecule has 1 fully saturated rings. The van der Waals surface area contributed by atoms with Gasteiger partial charge in [0.1, 0.15) is 5.82 Å². The molecule has 0 aliphatic carbocycles. The number of rotatable bonds is 6. The first-order valence-electron chi connectivity index (χ1n) is 9.26. The van der Waals surface area contributed by atoms with E-state index < -0.39 is 9.84 Å². The van der Waals surface area contributed by atoms with Crippen LogP contribution in [-0.4, -0.2) is 48.0 Å². The Balaban J connectivity index is 0.00000280. The monoisotopic (exact) mass is 517 g/mol. The quantitative estimate of drug-likeness (QED) is 0.348. The summed E-state index contributed by atoms with van der Waals surface area (Å²) in [7, 11) is -2.91. The van der Waals surface area contributed by atoms with Crippen LogP contribution in [-0.2, 0) is 22.9 Å². The third-order valence-corrected chi connectivity index (χ3v) is 6.37. The van der Waals surface area contributed by atoms with Gasteiger partial charge in [0.15, 0.2) is 15.8 Å². The number of hydrogen-bond acceptors (Lipinski definition) is 4. The van der Waals surface area contributed by atoms with Crippen molar-refractivity contribution >= 4 is 39.8 Å². The molecule has 1 atom stereocenters. The average Bonchev–Trinajstić information content (AvgIpc) is 3.18. The summed E-state index contributed by atoms with van der Waals surface area (Å²) >= 11 is 0. The van der Waals surface area contributed by atoms with Crippen LogP contribution in [0.15, 0.2) is 41.7 Å². The second kappa shape index (κ2) is 10.2. The first-order valence-corrected chi connectivity index (χ1v) is 11.1. The molecule has 0 bridgehead atoms. The largest absolute Gasteiger partial charge is 0.357 e. The molecule has 9 heteroatoms. The highest BCUT2D eigenvalue weighted by atomic mass is 127. The number of hydrogen-bond donors (Lipinski definition) is 2. The molecule has 1 unspecified atom stereocenters.